The average molecular weight is 486 g/mol. The molecule has 0 saturated carbocycles. The summed E-state index contributed by atoms with van der Waals surface area (Å²) in [5.41, 5.74) is 11.8. The molecule has 8 rings (SSSR count). The second-order valence-corrected chi connectivity index (χ2v) is 11.0. The Kier molecular flexibility index (Phi) is 4.35. The Bertz CT molecular complexity index is 2040. The predicted molar refractivity (Wildman–Crippen MR) is 161 cm³/mol. The van der Waals surface area contributed by atoms with Crippen molar-refractivity contribution in [2.75, 3.05) is 0 Å². The third-order valence-electron chi connectivity index (χ3n) is 8.58. The number of nitrogens with zero attached hydrogens (tertiary/aromatic N) is 1. The van der Waals surface area contributed by atoms with Crippen LogP contribution in [0.25, 0.3) is 60.5 Å². The van der Waals surface area contributed by atoms with E-state index in [0.717, 1.165) is 0 Å². The monoisotopic (exact) mass is 485 g/mol. The molecule has 38 heavy (non-hydrogen) atoms. The van der Waals surface area contributed by atoms with Crippen LogP contribution in [0.2, 0.25) is 0 Å². The highest BCUT2D eigenvalue weighted by Gasteiger charge is 2.38. The van der Waals surface area contributed by atoms with Gasteiger partial charge in [0.1, 0.15) is 0 Å². The summed E-state index contributed by atoms with van der Waals surface area (Å²) < 4.78 is 2.54. The lowest BCUT2D eigenvalue weighted by molar-refractivity contribution is 0.664. The average Bonchev–Trinajstić information content (AvgIpc) is 3.42. The van der Waals surface area contributed by atoms with E-state index in [1.165, 1.54) is 71.6 Å². The Morgan fingerprint density at radius 1 is 0.474 bits per heavy atom. The number of hydrogen-bond donors (Lipinski definition) is 0. The van der Waals surface area contributed by atoms with Crippen LogP contribution in [0.15, 0.2) is 127 Å². The van der Waals surface area contributed by atoms with Gasteiger partial charge in [0.25, 0.3) is 0 Å². The smallest absolute Gasteiger partial charge is 0.0588 e. The molecule has 1 aliphatic rings. The van der Waals surface area contributed by atoms with Crippen LogP contribution in [0.1, 0.15) is 25.0 Å². The molecule has 1 aromatic heterocycles. The van der Waals surface area contributed by atoms with E-state index in [2.05, 4.69) is 146 Å². The zero-order valence-corrected chi connectivity index (χ0v) is 21.6. The van der Waals surface area contributed by atoms with E-state index >= 15 is 0 Å². The van der Waals surface area contributed by atoms with Gasteiger partial charge in [0.15, 0.2) is 0 Å². The van der Waals surface area contributed by atoms with Crippen LogP contribution >= 0.6 is 0 Å². The summed E-state index contributed by atoms with van der Waals surface area (Å²) in [4.78, 5) is 0. The van der Waals surface area contributed by atoms with Crippen molar-refractivity contribution in [3.8, 4) is 27.9 Å². The fraction of sp³-hybridized carbons (Fsp3) is 0.0811. The fourth-order valence-electron chi connectivity index (χ4n) is 6.91. The number of benzene rings is 6. The van der Waals surface area contributed by atoms with Gasteiger partial charge >= 0.3 is 0 Å². The van der Waals surface area contributed by atoms with E-state index in [4.69, 9.17) is 0 Å². The van der Waals surface area contributed by atoms with Crippen molar-refractivity contribution >= 4 is 32.6 Å². The first-order chi connectivity index (χ1) is 18.6. The number of para-hydroxylation sites is 1. The van der Waals surface area contributed by atoms with Crippen molar-refractivity contribution in [3.05, 3.63) is 139 Å². The van der Waals surface area contributed by atoms with Gasteiger partial charge in [-0.3, -0.25) is 0 Å². The lowest BCUT2D eigenvalue weighted by Gasteiger charge is -2.24. The molecule has 0 aliphatic heterocycles. The molecule has 6 aromatic carbocycles. The number of fused-ring (bicyclic) bond motifs is 8. The number of aromatic nitrogens is 1. The van der Waals surface area contributed by atoms with Gasteiger partial charge in [0, 0.05) is 21.6 Å². The predicted octanol–water partition coefficient (Wildman–Crippen LogP) is 9.91. The van der Waals surface area contributed by atoms with E-state index in [9.17, 15) is 0 Å². The molecule has 1 heterocycles. The van der Waals surface area contributed by atoms with Crippen molar-refractivity contribution in [2.45, 2.75) is 19.3 Å². The van der Waals surface area contributed by atoms with E-state index in [-0.39, 0.29) is 5.41 Å². The van der Waals surface area contributed by atoms with Crippen molar-refractivity contribution in [2.24, 2.45) is 0 Å². The van der Waals surface area contributed by atoms with E-state index in [0.29, 0.717) is 0 Å². The second kappa shape index (κ2) is 7.69. The highest BCUT2D eigenvalue weighted by atomic mass is 15.0. The molecule has 7 aromatic rings. The van der Waals surface area contributed by atoms with E-state index in [1.807, 2.05) is 0 Å². The summed E-state index contributed by atoms with van der Waals surface area (Å²) >= 11 is 0. The zero-order chi connectivity index (χ0) is 25.4. The van der Waals surface area contributed by atoms with Crippen molar-refractivity contribution in [1.29, 1.82) is 0 Å². The Balaban J connectivity index is 1.54. The molecule has 0 bridgehead atoms. The molecule has 1 aliphatic carbocycles. The molecule has 0 atom stereocenters. The SMILES string of the molecule is CC1(C)c2ccccc2-c2ccc3c4ccccc4n(-c4ccc(-c5ccccc5)c5ccccc45)c3c21. The minimum absolute atomic E-state index is 0.0999. The topological polar surface area (TPSA) is 4.93 Å². The maximum atomic E-state index is 2.54. The lowest BCUT2D eigenvalue weighted by atomic mass is 9.81. The summed E-state index contributed by atoms with van der Waals surface area (Å²) in [6.45, 7) is 4.77. The Labute approximate surface area is 222 Å². The second-order valence-electron chi connectivity index (χ2n) is 11.0. The molecular weight excluding hydrogens is 458 g/mol. The molecule has 0 amide bonds. The van der Waals surface area contributed by atoms with Crippen molar-refractivity contribution in [3.63, 3.8) is 0 Å². The summed E-state index contributed by atoms with van der Waals surface area (Å²) in [7, 11) is 0. The van der Waals surface area contributed by atoms with Crippen LogP contribution in [0, 0.1) is 0 Å². The molecule has 0 fully saturated rings. The summed E-state index contributed by atoms with van der Waals surface area (Å²) in [6.07, 6.45) is 0. The van der Waals surface area contributed by atoms with Gasteiger partial charge in [0.2, 0.25) is 0 Å². The molecular formula is C37H27N. The minimum atomic E-state index is -0.0999. The van der Waals surface area contributed by atoms with Gasteiger partial charge in [-0.05, 0) is 50.9 Å². The van der Waals surface area contributed by atoms with E-state index < -0.39 is 0 Å². The minimum Gasteiger partial charge on any atom is -0.308 e. The highest BCUT2D eigenvalue weighted by Crippen LogP contribution is 2.53. The molecule has 0 N–H and O–H groups in total. The van der Waals surface area contributed by atoms with Gasteiger partial charge in [-0.15, -0.1) is 0 Å². The first-order valence-electron chi connectivity index (χ1n) is 13.4. The van der Waals surface area contributed by atoms with Crippen molar-refractivity contribution < 1.29 is 0 Å². The normalized spacial score (nSPS) is 13.7. The maximum absolute atomic E-state index is 2.54. The third-order valence-corrected chi connectivity index (χ3v) is 8.58. The first-order valence-corrected chi connectivity index (χ1v) is 13.4. The van der Waals surface area contributed by atoms with Gasteiger partial charge in [0.05, 0.1) is 16.7 Å². The van der Waals surface area contributed by atoms with Crippen LogP contribution in [-0.2, 0) is 5.41 Å². The zero-order valence-electron chi connectivity index (χ0n) is 21.6. The summed E-state index contributed by atoms with van der Waals surface area (Å²) in [5.74, 6) is 0. The molecule has 0 unspecified atom stereocenters. The van der Waals surface area contributed by atoms with E-state index in [1.54, 1.807) is 0 Å². The van der Waals surface area contributed by atoms with Crippen LogP contribution < -0.4 is 0 Å². The van der Waals surface area contributed by atoms with Crippen LogP contribution in [0.4, 0.5) is 0 Å². The third kappa shape index (κ3) is 2.76. The molecule has 0 radical (unpaired) electrons. The number of hydrogen-bond acceptors (Lipinski definition) is 0. The molecule has 0 spiro atoms. The molecule has 180 valence electrons. The molecule has 0 saturated heterocycles. The maximum Gasteiger partial charge on any atom is 0.0588 e. The van der Waals surface area contributed by atoms with Gasteiger partial charge < -0.3 is 4.57 Å². The first kappa shape index (κ1) is 21.5. The quantitative estimate of drug-likeness (QED) is 0.230. The van der Waals surface area contributed by atoms with Gasteiger partial charge in [-0.1, -0.05) is 129 Å². The Morgan fingerprint density at radius 2 is 1.13 bits per heavy atom. The fourth-order valence-corrected chi connectivity index (χ4v) is 6.91. The van der Waals surface area contributed by atoms with Gasteiger partial charge in [-0.25, -0.2) is 0 Å². The van der Waals surface area contributed by atoms with Crippen molar-refractivity contribution in [1.82, 2.24) is 4.57 Å². The standard InChI is InChI=1S/C37H27N/c1-37(2)32-18-10-8-15-27(32)30-20-21-31-29-17-9-11-19-33(29)38(36(31)35(30)37)34-23-22-25(24-12-4-3-5-13-24)26-14-6-7-16-28(26)34/h3-23H,1-2H3. The lowest BCUT2D eigenvalue weighted by Crippen LogP contribution is -2.16. The van der Waals surface area contributed by atoms with Crippen LogP contribution in [0.5, 0.6) is 0 Å². The molecule has 1 heteroatoms. The van der Waals surface area contributed by atoms with Crippen LogP contribution in [-0.4, -0.2) is 4.57 Å². The molecule has 1 nitrogen and oxygen atoms in total. The Morgan fingerprint density at radius 3 is 1.97 bits per heavy atom. The highest BCUT2D eigenvalue weighted by molar-refractivity contribution is 6.14. The summed E-state index contributed by atoms with van der Waals surface area (Å²) in [5, 5.41) is 5.16. The number of rotatable bonds is 2. The van der Waals surface area contributed by atoms with Gasteiger partial charge in [-0.2, -0.15) is 0 Å². The summed E-state index contributed by atoms with van der Waals surface area (Å²) in [6, 6.07) is 46.7. The largest absolute Gasteiger partial charge is 0.308 e. The Hall–Kier alpha value is -4.62. The van der Waals surface area contributed by atoms with Crippen LogP contribution in [0.3, 0.4) is 0 Å².